The van der Waals surface area contributed by atoms with Gasteiger partial charge in [-0.15, -0.1) is 0 Å². The molecule has 1 aliphatic rings. The minimum absolute atomic E-state index is 0. The molecular weight excluding hydrogens is 379 g/mol. The fourth-order valence-corrected chi connectivity index (χ4v) is 3.83. The van der Waals surface area contributed by atoms with Crippen LogP contribution in [0.15, 0.2) is 36.5 Å². The summed E-state index contributed by atoms with van der Waals surface area (Å²) >= 11 is 0. The van der Waals surface area contributed by atoms with E-state index in [0.29, 0.717) is 11.4 Å². The van der Waals surface area contributed by atoms with Crippen LogP contribution in [0.4, 0.5) is 0 Å². The van der Waals surface area contributed by atoms with Crippen molar-refractivity contribution in [2.75, 3.05) is 7.11 Å². The molecule has 1 fully saturated rings. The number of hydrogen-bond donors (Lipinski definition) is 1. The maximum absolute atomic E-state index is 11.4. The molecule has 0 spiro atoms. The van der Waals surface area contributed by atoms with Crippen molar-refractivity contribution in [3.63, 3.8) is 0 Å². The SMILES string of the molecule is COc1nc(C(=O)O)cn2nc(-c3cc4ccccc4n3CC3CC3)c(C)c12.[H-].[Na+]. The number of para-hydroxylation sites is 1. The first-order valence-electron chi connectivity index (χ1n) is 9.32. The zero-order chi connectivity index (χ0) is 19.4. The molecule has 1 N–H and O–H groups in total. The van der Waals surface area contributed by atoms with Gasteiger partial charge in [0.05, 0.1) is 19.0 Å². The molecule has 7 nitrogen and oxygen atoms in total. The van der Waals surface area contributed by atoms with Gasteiger partial charge >= 0.3 is 35.5 Å². The van der Waals surface area contributed by atoms with Gasteiger partial charge in [-0.25, -0.2) is 14.3 Å². The van der Waals surface area contributed by atoms with E-state index in [4.69, 9.17) is 9.84 Å². The largest absolute Gasteiger partial charge is 1.00 e. The van der Waals surface area contributed by atoms with Crippen molar-refractivity contribution in [3.05, 3.63) is 47.8 Å². The Morgan fingerprint density at radius 3 is 2.79 bits per heavy atom. The summed E-state index contributed by atoms with van der Waals surface area (Å²) in [5.74, 6) is -0.138. The summed E-state index contributed by atoms with van der Waals surface area (Å²) < 4.78 is 9.27. The molecule has 0 bridgehead atoms. The average Bonchev–Trinajstić information content (AvgIpc) is 3.36. The number of carbonyl (C=O) groups is 1. The summed E-state index contributed by atoms with van der Waals surface area (Å²) in [6, 6.07) is 10.5. The Kier molecular flexibility index (Phi) is 5.14. The van der Waals surface area contributed by atoms with E-state index in [2.05, 4.69) is 33.8 Å². The van der Waals surface area contributed by atoms with Crippen molar-refractivity contribution >= 4 is 22.4 Å². The summed E-state index contributed by atoms with van der Waals surface area (Å²) in [7, 11) is 1.49. The van der Waals surface area contributed by atoms with Crippen LogP contribution in [0.3, 0.4) is 0 Å². The van der Waals surface area contributed by atoms with Gasteiger partial charge < -0.3 is 15.8 Å². The van der Waals surface area contributed by atoms with Crippen molar-refractivity contribution in [2.24, 2.45) is 5.92 Å². The number of aromatic nitrogens is 4. The molecule has 0 saturated heterocycles. The smallest absolute Gasteiger partial charge is 1.00 e. The second-order valence-electron chi connectivity index (χ2n) is 7.35. The van der Waals surface area contributed by atoms with Crippen molar-refractivity contribution in [1.82, 2.24) is 19.2 Å². The van der Waals surface area contributed by atoms with E-state index >= 15 is 0 Å². The summed E-state index contributed by atoms with van der Waals surface area (Å²) in [6.07, 6.45) is 3.95. The number of aromatic carboxylic acids is 1. The molecular formula is C21H21N4NaO3. The van der Waals surface area contributed by atoms with E-state index in [1.807, 2.05) is 13.0 Å². The quantitative estimate of drug-likeness (QED) is 0.504. The predicted molar refractivity (Wildman–Crippen MR) is 106 cm³/mol. The van der Waals surface area contributed by atoms with Gasteiger partial charge in [-0.05, 0) is 37.8 Å². The Balaban J connectivity index is 0.00000128. The van der Waals surface area contributed by atoms with Crippen LogP contribution in [0.2, 0.25) is 0 Å². The van der Waals surface area contributed by atoms with Gasteiger partial charge in [0, 0.05) is 23.0 Å². The number of aryl methyl sites for hydroxylation is 1. The molecule has 0 aliphatic heterocycles. The van der Waals surface area contributed by atoms with Gasteiger partial charge in [-0.3, -0.25) is 0 Å². The van der Waals surface area contributed by atoms with Gasteiger partial charge in [0.1, 0.15) is 11.2 Å². The first-order valence-corrected chi connectivity index (χ1v) is 9.32. The minimum atomic E-state index is -1.11. The zero-order valence-electron chi connectivity index (χ0n) is 17.7. The number of hydrogen-bond acceptors (Lipinski definition) is 4. The van der Waals surface area contributed by atoms with Crippen molar-refractivity contribution in [2.45, 2.75) is 26.3 Å². The first kappa shape index (κ1) is 19.9. The number of rotatable bonds is 5. The number of carboxylic acids is 1. The van der Waals surface area contributed by atoms with Crippen LogP contribution in [0.25, 0.3) is 27.8 Å². The molecule has 1 saturated carbocycles. The monoisotopic (exact) mass is 400 g/mol. The van der Waals surface area contributed by atoms with E-state index in [1.165, 1.54) is 37.1 Å². The van der Waals surface area contributed by atoms with Crippen molar-refractivity contribution in [3.8, 4) is 17.3 Å². The molecule has 0 amide bonds. The van der Waals surface area contributed by atoms with E-state index in [-0.39, 0.29) is 42.6 Å². The second kappa shape index (κ2) is 7.48. The van der Waals surface area contributed by atoms with Gasteiger partial charge in [0.2, 0.25) is 5.88 Å². The molecule has 1 aliphatic carbocycles. The van der Waals surface area contributed by atoms with E-state index < -0.39 is 5.97 Å². The molecule has 4 aromatic rings. The van der Waals surface area contributed by atoms with Crippen molar-refractivity contribution in [1.29, 1.82) is 0 Å². The second-order valence-corrected chi connectivity index (χ2v) is 7.35. The molecule has 0 atom stereocenters. The Morgan fingerprint density at radius 1 is 1.34 bits per heavy atom. The Labute approximate surface area is 191 Å². The molecule has 0 radical (unpaired) electrons. The number of fused-ring (bicyclic) bond motifs is 2. The third-order valence-electron chi connectivity index (χ3n) is 5.42. The fraction of sp³-hybridized carbons (Fsp3) is 0.286. The standard InChI is InChI=1S/C21H20N4O3.Na.H/c1-12-18(23-25-11-15(21(26)27)22-20(28-2)19(12)25)17-9-14-5-3-4-6-16(14)24(17)10-13-7-8-13;;/h3-6,9,11,13H,7-8,10H2,1-2H3,(H,26,27);;/q;+1;-1. The topological polar surface area (TPSA) is 81.7 Å². The number of ether oxygens (including phenoxy) is 1. The molecule has 1 aromatic carbocycles. The maximum atomic E-state index is 11.4. The molecule has 0 unspecified atom stereocenters. The van der Waals surface area contributed by atoms with Gasteiger partial charge in [-0.1, -0.05) is 18.2 Å². The molecule has 144 valence electrons. The van der Waals surface area contributed by atoms with Gasteiger partial charge in [-0.2, -0.15) is 5.10 Å². The Morgan fingerprint density at radius 2 is 2.10 bits per heavy atom. The summed E-state index contributed by atoms with van der Waals surface area (Å²) in [5.41, 5.74) is 4.55. The molecule has 8 heteroatoms. The summed E-state index contributed by atoms with van der Waals surface area (Å²) in [5, 5.41) is 15.2. The maximum Gasteiger partial charge on any atom is 1.00 e. The number of nitrogens with zero attached hydrogens (tertiary/aromatic N) is 4. The van der Waals surface area contributed by atoms with Gasteiger partial charge in [0.25, 0.3) is 0 Å². The van der Waals surface area contributed by atoms with Crippen LogP contribution in [0.5, 0.6) is 5.88 Å². The van der Waals surface area contributed by atoms with Gasteiger partial charge in [0.15, 0.2) is 5.69 Å². The third-order valence-corrected chi connectivity index (χ3v) is 5.42. The number of benzene rings is 1. The Hall–Kier alpha value is -2.35. The minimum Gasteiger partial charge on any atom is -1.00 e. The Bertz CT molecular complexity index is 1250. The molecule has 3 aromatic heterocycles. The summed E-state index contributed by atoms with van der Waals surface area (Å²) in [6.45, 7) is 2.94. The summed E-state index contributed by atoms with van der Waals surface area (Å²) in [4.78, 5) is 15.5. The normalized spacial score (nSPS) is 13.6. The molecule has 3 heterocycles. The van der Waals surface area contributed by atoms with Crippen molar-refractivity contribution < 1.29 is 45.6 Å². The van der Waals surface area contributed by atoms with E-state index in [0.717, 1.165) is 23.5 Å². The number of methoxy groups -OCH3 is 1. The first-order chi connectivity index (χ1) is 13.6. The third kappa shape index (κ3) is 3.33. The molecule has 5 rings (SSSR count). The van der Waals surface area contributed by atoms with E-state index in [1.54, 1.807) is 4.52 Å². The fourth-order valence-electron chi connectivity index (χ4n) is 3.83. The number of carboxylic acid groups (broad SMARTS) is 1. The zero-order valence-corrected chi connectivity index (χ0v) is 18.7. The van der Waals surface area contributed by atoms with Crippen LogP contribution in [0, 0.1) is 12.8 Å². The predicted octanol–water partition coefficient (Wildman–Crippen LogP) is 0.893. The van der Waals surface area contributed by atoms with Crippen LogP contribution in [-0.4, -0.2) is 37.4 Å². The van der Waals surface area contributed by atoms with Crippen LogP contribution in [0.1, 0.15) is 30.3 Å². The molecule has 29 heavy (non-hydrogen) atoms. The average molecular weight is 400 g/mol. The van der Waals surface area contributed by atoms with Crippen LogP contribution < -0.4 is 34.3 Å². The van der Waals surface area contributed by atoms with Crippen LogP contribution >= 0.6 is 0 Å². The van der Waals surface area contributed by atoms with E-state index in [9.17, 15) is 9.90 Å². The van der Waals surface area contributed by atoms with Crippen LogP contribution in [-0.2, 0) is 6.54 Å².